The normalized spacial score (nSPS) is 18.5. The summed E-state index contributed by atoms with van der Waals surface area (Å²) in [4.78, 5) is 0. The van der Waals surface area contributed by atoms with Crippen molar-refractivity contribution in [2.45, 2.75) is 37.6 Å². The minimum atomic E-state index is -0.479. The summed E-state index contributed by atoms with van der Waals surface area (Å²) in [6.45, 7) is 2.24. The predicted octanol–water partition coefficient (Wildman–Crippen LogP) is 1.72. The van der Waals surface area contributed by atoms with Crippen molar-refractivity contribution in [3.05, 3.63) is 35.9 Å². The van der Waals surface area contributed by atoms with Gasteiger partial charge in [-0.15, -0.1) is 0 Å². The molecule has 1 aliphatic rings. The van der Waals surface area contributed by atoms with Crippen LogP contribution >= 0.6 is 0 Å². The van der Waals surface area contributed by atoms with E-state index in [4.69, 9.17) is 9.47 Å². The van der Waals surface area contributed by atoms with Crippen LogP contribution in [0.2, 0.25) is 0 Å². The fraction of sp³-hybridized carbons (Fsp3) is 0.625. The van der Waals surface area contributed by atoms with Gasteiger partial charge in [-0.1, -0.05) is 30.3 Å². The number of hydrogen-bond donors (Lipinski definition) is 2. The average Bonchev–Trinajstić information content (AvgIpc) is 2.43. The highest BCUT2D eigenvalue weighted by Gasteiger charge is 2.36. The highest BCUT2D eigenvalue weighted by Crippen LogP contribution is 2.34. The average molecular weight is 279 g/mol. The van der Waals surface area contributed by atoms with Gasteiger partial charge in [0.2, 0.25) is 0 Å². The molecule has 1 aromatic rings. The molecule has 0 aliphatic heterocycles. The van der Waals surface area contributed by atoms with Crippen LogP contribution in [0.15, 0.2) is 30.3 Å². The summed E-state index contributed by atoms with van der Waals surface area (Å²) in [5.41, 5.74) is 1.13. The molecule has 0 amide bonds. The summed E-state index contributed by atoms with van der Waals surface area (Å²) in [5.74, 6) is 0. The minimum Gasteiger partial charge on any atom is -0.389 e. The van der Waals surface area contributed by atoms with Crippen LogP contribution in [-0.2, 0) is 16.1 Å². The van der Waals surface area contributed by atoms with Crippen molar-refractivity contribution < 1.29 is 14.6 Å². The molecule has 4 nitrogen and oxygen atoms in total. The Morgan fingerprint density at radius 2 is 2.05 bits per heavy atom. The lowest BCUT2D eigenvalue weighted by atomic mass is 9.80. The molecule has 1 unspecified atom stereocenters. The fourth-order valence-corrected chi connectivity index (χ4v) is 2.44. The molecular weight excluding hydrogens is 254 g/mol. The molecule has 1 aliphatic carbocycles. The zero-order chi connectivity index (χ0) is 14.3. The number of methoxy groups -OCH3 is 1. The van der Waals surface area contributed by atoms with Crippen molar-refractivity contribution in [2.24, 2.45) is 0 Å². The van der Waals surface area contributed by atoms with Gasteiger partial charge in [-0.05, 0) is 24.8 Å². The molecule has 112 valence electrons. The molecule has 20 heavy (non-hydrogen) atoms. The van der Waals surface area contributed by atoms with E-state index in [1.165, 1.54) is 6.42 Å². The van der Waals surface area contributed by atoms with Gasteiger partial charge in [0.05, 0.1) is 24.9 Å². The second kappa shape index (κ2) is 7.74. The summed E-state index contributed by atoms with van der Waals surface area (Å²) in [5, 5.41) is 13.1. The van der Waals surface area contributed by atoms with Crippen LogP contribution in [0, 0.1) is 0 Å². The van der Waals surface area contributed by atoms with Crippen molar-refractivity contribution in [3.8, 4) is 0 Å². The van der Waals surface area contributed by atoms with Crippen LogP contribution in [0.4, 0.5) is 0 Å². The lowest BCUT2D eigenvalue weighted by Gasteiger charge is -2.40. The summed E-state index contributed by atoms with van der Waals surface area (Å²) in [6, 6.07) is 9.99. The second-order valence-electron chi connectivity index (χ2n) is 5.53. The third kappa shape index (κ3) is 4.56. The molecule has 1 aromatic carbocycles. The van der Waals surface area contributed by atoms with Gasteiger partial charge in [-0.25, -0.2) is 0 Å². The maximum Gasteiger partial charge on any atom is 0.0897 e. The smallest absolute Gasteiger partial charge is 0.0897 e. The van der Waals surface area contributed by atoms with Gasteiger partial charge in [0, 0.05) is 20.2 Å². The number of aliphatic hydroxyl groups excluding tert-OH is 1. The molecule has 1 atom stereocenters. The van der Waals surface area contributed by atoms with E-state index in [-0.39, 0.29) is 5.60 Å². The van der Waals surface area contributed by atoms with Crippen LogP contribution in [0.25, 0.3) is 0 Å². The van der Waals surface area contributed by atoms with Crippen LogP contribution in [0.1, 0.15) is 24.8 Å². The molecule has 0 aromatic heterocycles. The van der Waals surface area contributed by atoms with Crippen LogP contribution in [-0.4, -0.2) is 43.6 Å². The number of nitrogens with one attached hydrogen (secondary N) is 1. The highest BCUT2D eigenvalue weighted by atomic mass is 16.5. The Kier molecular flexibility index (Phi) is 5.98. The molecule has 2 rings (SSSR count). The van der Waals surface area contributed by atoms with Crippen LogP contribution in [0.3, 0.4) is 0 Å². The number of benzene rings is 1. The molecular formula is C16H25NO3. The first-order valence-electron chi connectivity index (χ1n) is 7.30. The lowest BCUT2D eigenvalue weighted by molar-refractivity contribution is -0.0713. The standard InChI is InChI=1S/C16H25NO3/c1-19-16(8-5-9-16)13-17-10-15(18)12-20-11-14-6-3-2-4-7-14/h2-4,6-7,15,17-18H,5,8-13H2,1H3. The van der Waals surface area contributed by atoms with Gasteiger partial charge in [-0.3, -0.25) is 0 Å². The zero-order valence-electron chi connectivity index (χ0n) is 12.2. The Bertz CT molecular complexity index is 373. The van der Waals surface area contributed by atoms with E-state index in [2.05, 4.69) is 5.32 Å². The number of hydrogen-bond acceptors (Lipinski definition) is 4. The molecule has 0 spiro atoms. The topological polar surface area (TPSA) is 50.7 Å². The summed E-state index contributed by atoms with van der Waals surface area (Å²) >= 11 is 0. The van der Waals surface area contributed by atoms with E-state index in [0.717, 1.165) is 24.9 Å². The number of aliphatic hydroxyl groups is 1. The Morgan fingerprint density at radius 1 is 1.30 bits per heavy atom. The SMILES string of the molecule is COC1(CNCC(O)COCc2ccccc2)CCC1. The van der Waals surface area contributed by atoms with Crippen LogP contribution < -0.4 is 5.32 Å². The van der Waals surface area contributed by atoms with Gasteiger partial charge < -0.3 is 19.9 Å². The van der Waals surface area contributed by atoms with Gasteiger partial charge >= 0.3 is 0 Å². The number of rotatable bonds is 9. The van der Waals surface area contributed by atoms with E-state index < -0.39 is 6.10 Å². The monoisotopic (exact) mass is 279 g/mol. The molecule has 0 heterocycles. The van der Waals surface area contributed by atoms with E-state index in [1.54, 1.807) is 7.11 Å². The maximum absolute atomic E-state index is 9.86. The Morgan fingerprint density at radius 3 is 2.65 bits per heavy atom. The van der Waals surface area contributed by atoms with E-state index in [9.17, 15) is 5.11 Å². The Labute approximate surface area is 121 Å². The summed E-state index contributed by atoms with van der Waals surface area (Å²) in [7, 11) is 1.76. The molecule has 1 fully saturated rings. The van der Waals surface area contributed by atoms with Gasteiger partial charge in [0.1, 0.15) is 0 Å². The zero-order valence-corrected chi connectivity index (χ0v) is 12.2. The first-order valence-corrected chi connectivity index (χ1v) is 7.30. The minimum absolute atomic E-state index is 0.00458. The van der Waals surface area contributed by atoms with E-state index >= 15 is 0 Å². The van der Waals surface area contributed by atoms with E-state index in [1.807, 2.05) is 30.3 Å². The van der Waals surface area contributed by atoms with E-state index in [0.29, 0.717) is 19.8 Å². The van der Waals surface area contributed by atoms with Crippen LogP contribution in [0.5, 0.6) is 0 Å². The molecule has 0 bridgehead atoms. The van der Waals surface area contributed by atoms with Crippen molar-refractivity contribution in [1.29, 1.82) is 0 Å². The van der Waals surface area contributed by atoms with Gasteiger partial charge in [0.15, 0.2) is 0 Å². The molecule has 4 heteroatoms. The fourth-order valence-electron chi connectivity index (χ4n) is 2.44. The van der Waals surface area contributed by atoms with Gasteiger partial charge in [-0.2, -0.15) is 0 Å². The van der Waals surface area contributed by atoms with Crippen molar-refractivity contribution in [1.82, 2.24) is 5.32 Å². The highest BCUT2D eigenvalue weighted by molar-refractivity contribution is 5.13. The predicted molar refractivity (Wildman–Crippen MR) is 78.6 cm³/mol. The molecule has 2 N–H and O–H groups in total. The molecule has 0 radical (unpaired) electrons. The quantitative estimate of drug-likeness (QED) is 0.723. The number of ether oxygens (including phenoxy) is 2. The Balaban J connectivity index is 1.55. The second-order valence-corrected chi connectivity index (χ2v) is 5.53. The first-order chi connectivity index (χ1) is 9.74. The lowest BCUT2D eigenvalue weighted by Crippen LogP contribution is -2.49. The third-order valence-corrected chi connectivity index (χ3v) is 3.95. The molecule has 0 saturated heterocycles. The summed E-state index contributed by atoms with van der Waals surface area (Å²) in [6.07, 6.45) is 2.97. The van der Waals surface area contributed by atoms with Crippen molar-refractivity contribution in [2.75, 3.05) is 26.8 Å². The summed E-state index contributed by atoms with van der Waals surface area (Å²) < 4.78 is 11.0. The third-order valence-electron chi connectivity index (χ3n) is 3.95. The molecule has 1 saturated carbocycles. The van der Waals surface area contributed by atoms with Crippen molar-refractivity contribution in [3.63, 3.8) is 0 Å². The maximum atomic E-state index is 9.86. The first kappa shape index (κ1) is 15.4. The largest absolute Gasteiger partial charge is 0.389 e. The van der Waals surface area contributed by atoms with Gasteiger partial charge in [0.25, 0.3) is 0 Å². The Hall–Kier alpha value is -0.940. The van der Waals surface area contributed by atoms with Crippen molar-refractivity contribution >= 4 is 0 Å².